The first-order valence-electron chi connectivity index (χ1n) is 25.8. The summed E-state index contributed by atoms with van der Waals surface area (Å²) < 4.78 is 20.0. The molecule has 0 aromatic heterocycles. The van der Waals surface area contributed by atoms with Crippen molar-refractivity contribution in [2.24, 2.45) is 0 Å². The fraction of sp³-hybridized carbons (Fsp3) is 0.885. The van der Waals surface area contributed by atoms with Crippen LogP contribution in [-0.4, -0.2) is 16.1 Å². The Hall–Kier alpha value is -0.350. The van der Waals surface area contributed by atoms with Gasteiger partial charge >= 0.3 is 7.60 Å². The first-order valence-corrected chi connectivity index (χ1v) is 28.3. The Morgan fingerprint density at radius 1 is 0.483 bits per heavy atom. The Morgan fingerprint density at radius 2 is 0.741 bits per heavy atom. The molecule has 0 aliphatic carbocycles. The number of hydrogen-bond acceptors (Lipinski definition) is 3. The van der Waals surface area contributed by atoms with Gasteiger partial charge in [0.1, 0.15) is 5.75 Å². The summed E-state index contributed by atoms with van der Waals surface area (Å²) in [6.07, 6.45) is 54.9. The molecule has 0 spiro atoms. The number of phenols is 1. The van der Waals surface area contributed by atoms with E-state index >= 15 is 0 Å². The highest BCUT2D eigenvalue weighted by atomic mass is 79.9. The van der Waals surface area contributed by atoms with Gasteiger partial charge in [0.15, 0.2) is 0 Å². The smallest absolute Gasteiger partial charge is 0.332 e. The molecule has 0 bridgehead atoms. The Bertz CT molecular complexity index is 1060. The number of halogens is 1. The highest BCUT2D eigenvalue weighted by Gasteiger charge is 2.26. The fourth-order valence-electron chi connectivity index (χ4n) is 8.73. The second-order valence-corrected chi connectivity index (χ2v) is 21.1. The van der Waals surface area contributed by atoms with Crippen molar-refractivity contribution in [3.8, 4) is 5.75 Å². The summed E-state index contributed by atoms with van der Waals surface area (Å²) in [7, 11) is -3.82. The molecule has 2 N–H and O–H groups in total. The minimum absolute atomic E-state index is 0.0261. The van der Waals surface area contributed by atoms with Crippen molar-refractivity contribution < 1.29 is 19.1 Å². The highest BCUT2D eigenvalue weighted by Crippen LogP contribution is 2.49. The van der Waals surface area contributed by atoms with E-state index in [1.807, 2.05) is 6.92 Å². The van der Waals surface area contributed by atoms with Crippen LogP contribution >= 0.6 is 23.5 Å². The number of unbranched alkanes of at least 4 members (excludes halogenated alkanes) is 37. The van der Waals surface area contributed by atoms with Crippen LogP contribution in [0.4, 0.5) is 0 Å². The van der Waals surface area contributed by atoms with Gasteiger partial charge in [0.2, 0.25) is 0 Å². The summed E-state index contributed by atoms with van der Waals surface area (Å²) in [5, 5.41) is 10.1. The molecule has 0 saturated carbocycles. The summed E-state index contributed by atoms with van der Waals surface area (Å²) >= 11 is 3.38. The van der Waals surface area contributed by atoms with E-state index < -0.39 is 7.60 Å². The van der Waals surface area contributed by atoms with Crippen LogP contribution in [0.15, 0.2) is 16.6 Å². The Labute approximate surface area is 370 Å². The van der Waals surface area contributed by atoms with Gasteiger partial charge in [-0.25, -0.2) is 0 Å². The maximum absolute atomic E-state index is 13.4. The van der Waals surface area contributed by atoms with Crippen LogP contribution in [0.2, 0.25) is 0 Å². The van der Waals surface area contributed by atoms with E-state index in [1.54, 1.807) is 12.1 Å². The van der Waals surface area contributed by atoms with E-state index in [2.05, 4.69) is 29.8 Å². The van der Waals surface area contributed by atoms with Crippen LogP contribution in [0.25, 0.3) is 0 Å². The molecule has 0 amide bonds. The average molecular weight is 898 g/mol. The van der Waals surface area contributed by atoms with Gasteiger partial charge in [-0.05, 0) is 52.9 Å². The number of phenolic OH excluding ortho intramolecular Hbond substituents is 1. The molecule has 2 atom stereocenters. The van der Waals surface area contributed by atoms with Gasteiger partial charge in [0.05, 0.1) is 16.7 Å². The summed E-state index contributed by atoms with van der Waals surface area (Å²) in [4.78, 5) is 11.0. The molecule has 1 aromatic rings. The predicted molar refractivity (Wildman–Crippen MR) is 260 cm³/mol. The van der Waals surface area contributed by atoms with Crippen LogP contribution < -0.4 is 0 Å². The van der Waals surface area contributed by atoms with E-state index in [0.717, 1.165) is 25.7 Å². The number of aryl methyl sites for hydroxylation is 1. The van der Waals surface area contributed by atoms with Crippen molar-refractivity contribution in [2.75, 3.05) is 0 Å². The number of aromatic hydroxyl groups is 1. The maximum Gasteiger partial charge on any atom is 0.332 e. The Kier molecular flexibility index (Phi) is 39.1. The summed E-state index contributed by atoms with van der Waals surface area (Å²) in [5.41, 5.74) is 1.41. The van der Waals surface area contributed by atoms with Crippen LogP contribution in [0.3, 0.4) is 0 Å². The first kappa shape index (κ1) is 55.7. The topological polar surface area (TPSA) is 66.8 Å². The quantitative estimate of drug-likeness (QED) is 0.0506. The SMILES string of the molecule is CCCCCCCCCCCCCCCCCCCCCCC(CCCCCCCCCCCCCCCCCCCCC)OP(=O)(O)Cc1cc(C)c(O)c(Br)c1. The molecule has 0 radical (unpaired) electrons. The fourth-order valence-corrected chi connectivity index (χ4v) is 10.7. The van der Waals surface area contributed by atoms with Gasteiger partial charge < -0.3 is 14.5 Å². The molecule has 342 valence electrons. The van der Waals surface area contributed by atoms with E-state index in [4.69, 9.17) is 4.52 Å². The molecule has 0 saturated heterocycles. The lowest BCUT2D eigenvalue weighted by atomic mass is 10.0. The van der Waals surface area contributed by atoms with E-state index in [-0.39, 0.29) is 18.0 Å². The standard InChI is InChI=1S/C52H98BrO4P/c1-4-6-8-10-12-14-16-18-20-22-24-26-28-30-32-34-36-38-40-42-44-50(57-58(55,56)47-49-45-48(3)52(54)51(53)46-49)43-41-39-37-35-33-31-29-27-25-23-21-19-17-15-13-11-9-7-5-2/h45-46,50,54H,4-44,47H2,1-3H3,(H,55,56). The lowest BCUT2D eigenvalue weighted by Gasteiger charge is -2.22. The second-order valence-electron chi connectivity index (χ2n) is 18.4. The van der Waals surface area contributed by atoms with Crippen molar-refractivity contribution in [3.63, 3.8) is 0 Å². The number of benzene rings is 1. The Balaban J connectivity index is 2.20. The molecule has 0 aliphatic rings. The average Bonchev–Trinajstić information content (AvgIpc) is 3.19. The highest BCUT2D eigenvalue weighted by molar-refractivity contribution is 9.10. The molecule has 0 fully saturated rings. The second kappa shape index (κ2) is 40.7. The van der Waals surface area contributed by atoms with Crippen LogP contribution in [0.5, 0.6) is 5.75 Å². The van der Waals surface area contributed by atoms with Crippen LogP contribution in [-0.2, 0) is 15.3 Å². The lowest BCUT2D eigenvalue weighted by molar-refractivity contribution is 0.149. The van der Waals surface area contributed by atoms with Crippen LogP contribution in [0, 0.1) is 6.92 Å². The molecule has 58 heavy (non-hydrogen) atoms. The van der Waals surface area contributed by atoms with E-state index in [0.29, 0.717) is 15.6 Å². The van der Waals surface area contributed by atoms with Gasteiger partial charge in [-0.2, -0.15) is 0 Å². The summed E-state index contributed by atoms with van der Waals surface area (Å²) in [6.45, 7) is 6.40. The van der Waals surface area contributed by atoms with Gasteiger partial charge in [0.25, 0.3) is 0 Å². The van der Waals surface area contributed by atoms with Crippen molar-refractivity contribution in [1.29, 1.82) is 0 Å². The Morgan fingerprint density at radius 3 is 1.00 bits per heavy atom. The molecule has 2 unspecified atom stereocenters. The molecular weight excluding hydrogens is 799 g/mol. The zero-order chi connectivity index (χ0) is 42.2. The zero-order valence-corrected chi connectivity index (χ0v) is 41.4. The van der Waals surface area contributed by atoms with Crippen molar-refractivity contribution in [2.45, 2.75) is 296 Å². The molecule has 4 nitrogen and oxygen atoms in total. The molecule has 1 rings (SSSR count). The van der Waals surface area contributed by atoms with Crippen molar-refractivity contribution in [1.82, 2.24) is 0 Å². The summed E-state index contributed by atoms with van der Waals surface area (Å²) in [6, 6.07) is 3.53. The lowest BCUT2D eigenvalue weighted by Crippen LogP contribution is -2.12. The van der Waals surface area contributed by atoms with Gasteiger partial charge in [-0.15, -0.1) is 0 Å². The molecule has 0 aliphatic heterocycles. The minimum atomic E-state index is -3.82. The monoisotopic (exact) mass is 897 g/mol. The van der Waals surface area contributed by atoms with Crippen molar-refractivity contribution in [3.05, 3.63) is 27.7 Å². The van der Waals surface area contributed by atoms with Crippen LogP contribution in [0.1, 0.15) is 288 Å². The van der Waals surface area contributed by atoms with E-state index in [1.165, 1.54) is 238 Å². The van der Waals surface area contributed by atoms with Gasteiger partial charge in [-0.1, -0.05) is 270 Å². The maximum atomic E-state index is 13.4. The first-order chi connectivity index (χ1) is 28.3. The third-order valence-corrected chi connectivity index (χ3v) is 14.5. The van der Waals surface area contributed by atoms with Gasteiger partial charge in [-0.3, -0.25) is 4.57 Å². The normalized spacial score (nSPS) is 13.3. The molecule has 0 heterocycles. The third kappa shape index (κ3) is 35.3. The molecule has 6 heteroatoms. The minimum Gasteiger partial charge on any atom is -0.506 e. The molecular formula is C52H98BrO4P. The third-order valence-electron chi connectivity index (χ3n) is 12.5. The van der Waals surface area contributed by atoms with Crippen molar-refractivity contribution >= 4 is 23.5 Å². The molecule has 1 aromatic carbocycles. The predicted octanol–water partition coefficient (Wildman–Crippen LogP) is 19.6. The largest absolute Gasteiger partial charge is 0.506 e. The summed E-state index contributed by atoms with van der Waals surface area (Å²) in [5.74, 6) is 0.180. The number of hydrogen-bond donors (Lipinski definition) is 2. The number of rotatable bonds is 45. The zero-order valence-electron chi connectivity index (χ0n) is 39.0. The van der Waals surface area contributed by atoms with E-state index in [9.17, 15) is 14.6 Å². The van der Waals surface area contributed by atoms with Gasteiger partial charge in [0, 0.05) is 0 Å².